The number of hydrogen-bond donors (Lipinski definition) is 2. The Balaban J connectivity index is 1.49. The molecule has 0 unspecified atom stereocenters. The van der Waals surface area contributed by atoms with Gasteiger partial charge >= 0.3 is 6.03 Å². The minimum absolute atomic E-state index is 0.398. The number of carbonyl (C=O) groups is 1. The van der Waals surface area contributed by atoms with Crippen molar-refractivity contribution in [1.29, 1.82) is 0 Å². The summed E-state index contributed by atoms with van der Waals surface area (Å²) >= 11 is 1.58. The number of anilines is 2. The molecule has 1 heterocycles. The Morgan fingerprint density at radius 3 is 2.12 bits per heavy atom. The van der Waals surface area contributed by atoms with E-state index >= 15 is 0 Å². The third kappa shape index (κ3) is 5.07. The van der Waals surface area contributed by atoms with Crippen LogP contribution in [-0.4, -0.2) is 32.3 Å². The fraction of sp³-hybridized carbons (Fsp3) is 0.120. The lowest BCUT2D eigenvalue weighted by molar-refractivity contribution is 0.262. The summed E-state index contributed by atoms with van der Waals surface area (Å²) in [6.45, 7) is 0. The highest BCUT2D eigenvalue weighted by Crippen LogP contribution is 2.40. The molecule has 0 bridgehead atoms. The summed E-state index contributed by atoms with van der Waals surface area (Å²) in [6.07, 6.45) is 0. The molecule has 0 aliphatic heterocycles. The largest absolute Gasteiger partial charge is 0.493 e. The number of amides is 2. The SMILES string of the molecule is COc1cc(NC(=O)Nc2cccc(-c3csc(-c4ccccc4)n3)c2)cc(OC)c1OC. The number of nitrogens with zero attached hydrogens (tertiary/aromatic N) is 1. The second kappa shape index (κ2) is 10.1. The van der Waals surface area contributed by atoms with Crippen LogP contribution in [0.2, 0.25) is 0 Å². The van der Waals surface area contributed by atoms with Crippen LogP contribution >= 0.6 is 11.3 Å². The molecule has 33 heavy (non-hydrogen) atoms. The van der Waals surface area contributed by atoms with Crippen molar-refractivity contribution in [2.45, 2.75) is 0 Å². The van der Waals surface area contributed by atoms with E-state index < -0.39 is 6.03 Å². The number of hydrogen-bond acceptors (Lipinski definition) is 6. The molecule has 4 rings (SSSR count). The maximum Gasteiger partial charge on any atom is 0.323 e. The first-order valence-corrected chi connectivity index (χ1v) is 11.0. The molecule has 0 saturated carbocycles. The fourth-order valence-electron chi connectivity index (χ4n) is 3.32. The third-order valence-electron chi connectivity index (χ3n) is 4.86. The molecule has 0 spiro atoms. The van der Waals surface area contributed by atoms with Gasteiger partial charge < -0.3 is 24.8 Å². The van der Waals surface area contributed by atoms with E-state index in [9.17, 15) is 4.79 Å². The number of nitrogens with one attached hydrogen (secondary N) is 2. The Bertz CT molecular complexity index is 1230. The Morgan fingerprint density at radius 2 is 1.45 bits per heavy atom. The van der Waals surface area contributed by atoms with Crippen LogP contribution in [0.4, 0.5) is 16.2 Å². The van der Waals surface area contributed by atoms with E-state index in [-0.39, 0.29) is 0 Å². The third-order valence-corrected chi connectivity index (χ3v) is 5.76. The van der Waals surface area contributed by atoms with Crippen molar-refractivity contribution < 1.29 is 19.0 Å². The summed E-state index contributed by atoms with van der Waals surface area (Å²) in [4.78, 5) is 17.4. The molecule has 0 radical (unpaired) electrons. The topological polar surface area (TPSA) is 81.7 Å². The van der Waals surface area contributed by atoms with Crippen molar-refractivity contribution in [3.05, 3.63) is 72.1 Å². The lowest BCUT2D eigenvalue weighted by Gasteiger charge is -2.15. The second-order valence-electron chi connectivity index (χ2n) is 6.98. The van der Waals surface area contributed by atoms with Crippen molar-refractivity contribution in [1.82, 2.24) is 4.98 Å². The lowest BCUT2D eigenvalue weighted by Crippen LogP contribution is -2.19. The molecule has 0 atom stereocenters. The summed E-state index contributed by atoms with van der Waals surface area (Å²) in [5.74, 6) is 1.36. The van der Waals surface area contributed by atoms with E-state index in [1.54, 1.807) is 23.5 Å². The van der Waals surface area contributed by atoms with Gasteiger partial charge in [0.15, 0.2) is 11.5 Å². The van der Waals surface area contributed by atoms with E-state index in [1.165, 1.54) is 21.3 Å². The van der Waals surface area contributed by atoms with Crippen LogP contribution in [0.5, 0.6) is 17.2 Å². The fourth-order valence-corrected chi connectivity index (χ4v) is 4.16. The summed E-state index contributed by atoms with van der Waals surface area (Å²) in [7, 11) is 4.57. The van der Waals surface area contributed by atoms with Crippen LogP contribution in [0, 0.1) is 0 Å². The molecule has 2 amide bonds. The van der Waals surface area contributed by atoms with E-state index in [0.29, 0.717) is 28.6 Å². The first-order chi connectivity index (χ1) is 16.1. The Labute approximate surface area is 196 Å². The van der Waals surface area contributed by atoms with Crippen molar-refractivity contribution in [2.24, 2.45) is 0 Å². The molecule has 168 valence electrons. The number of ether oxygens (including phenoxy) is 3. The summed E-state index contributed by atoms with van der Waals surface area (Å²) < 4.78 is 16.0. The van der Waals surface area contributed by atoms with Crippen molar-refractivity contribution in [2.75, 3.05) is 32.0 Å². The molecule has 1 aromatic heterocycles. The van der Waals surface area contributed by atoms with Crippen LogP contribution in [0.1, 0.15) is 0 Å². The number of aromatic nitrogens is 1. The zero-order chi connectivity index (χ0) is 23.2. The smallest absolute Gasteiger partial charge is 0.323 e. The zero-order valence-electron chi connectivity index (χ0n) is 18.4. The van der Waals surface area contributed by atoms with Crippen molar-refractivity contribution in [3.63, 3.8) is 0 Å². The van der Waals surface area contributed by atoms with Gasteiger partial charge in [-0.2, -0.15) is 0 Å². The van der Waals surface area contributed by atoms with Gasteiger partial charge in [0.2, 0.25) is 5.75 Å². The van der Waals surface area contributed by atoms with Crippen molar-refractivity contribution >= 4 is 28.7 Å². The van der Waals surface area contributed by atoms with Crippen LogP contribution < -0.4 is 24.8 Å². The van der Waals surface area contributed by atoms with Gasteiger partial charge in [0.25, 0.3) is 0 Å². The number of carbonyl (C=O) groups excluding carboxylic acids is 1. The first kappa shape index (κ1) is 22.2. The molecule has 7 nitrogen and oxygen atoms in total. The van der Waals surface area contributed by atoms with Gasteiger partial charge in [-0.3, -0.25) is 0 Å². The molecule has 0 saturated heterocycles. The van der Waals surface area contributed by atoms with E-state index in [2.05, 4.69) is 10.6 Å². The van der Waals surface area contributed by atoms with Crippen LogP contribution in [0.15, 0.2) is 72.1 Å². The maximum absolute atomic E-state index is 12.6. The van der Waals surface area contributed by atoms with Gasteiger partial charge in [-0.25, -0.2) is 9.78 Å². The quantitative estimate of drug-likeness (QED) is 0.345. The average Bonchev–Trinajstić information content (AvgIpc) is 3.34. The summed E-state index contributed by atoms with van der Waals surface area (Å²) in [6, 6.07) is 20.5. The van der Waals surface area contributed by atoms with E-state index in [4.69, 9.17) is 19.2 Å². The summed E-state index contributed by atoms with van der Waals surface area (Å²) in [5, 5.41) is 8.61. The van der Waals surface area contributed by atoms with Gasteiger partial charge in [-0.1, -0.05) is 42.5 Å². The molecule has 0 aliphatic carbocycles. The molecule has 8 heteroatoms. The normalized spacial score (nSPS) is 10.4. The number of urea groups is 1. The predicted molar refractivity (Wildman–Crippen MR) is 132 cm³/mol. The monoisotopic (exact) mass is 461 g/mol. The van der Waals surface area contributed by atoms with E-state index in [0.717, 1.165) is 21.8 Å². The van der Waals surface area contributed by atoms with Crippen LogP contribution in [-0.2, 0) is 0 Å². The number of rotatable bonds is 7. The van der Waals surface area contributed by atoms with Crippen LogP contribution in [0.3, 0.4) is 0 Å². The molecular weight excluding hydrogens is 438 g/mol. The molecule has 4 aromatic rings. The number of thiazole rings is 1. The first-order valence-electron chi connectivity index (χ1n) is 10.1. The van der Waals surface area contributed by atoms with Gasteiger partial charge in [0.05, 0.1) is 32.7 Å². The predicted octanol–water partition coefficient (Wildman–Crippen LogP) is 6.15. The molecule has 0 aliphatic rings. The summed E-state index contributed by atoms with van der Waals surface area (Å²) in [5.41, 5.74) is 4.00. The highest BCUT2D eigenvalue weighted by molar-refractivity contribution is 7.13. The van der Waals surface area contributed by atoms with E-state index in [1.807, 2.05) is 60.0 Å². The Hall–Kier alpha value is -4.04. The van der Waals surface area contributed by atoms with Crippen LogP contribution in [0.25, 0.3) is 21.8 Å². The maximum atomic E-state index is 12.6. The minimum Gasteiger partial charge on any atom is -0.493 e. The van der Waals surface area contributed by atoms with Gasteiger partial charge in [-0.15, -0.1) is 11.3 Å². The zero-order valence-corrected chi connectivity index (χ0v) is 19.2. The highest BCUT2D eigenvalue weighted by Gasteiger charge is 2.15. The Kier molecular flexibility index (Phi) is 6.75. The molecular formula is C25H23N3O4S. The minimum atomic E-state index is -0.398. The standard InChI is InChI=1S/C25H23N3O4S/c1-30-21-13-19(14-22(31-2)23(21)32-3)27-25(29)26-18-11-7-10-17(12-18)20-15-33-24(28-20)16-8-5-4-6-9-16/h4-15H,1-3H3,(H2,26,27,29). The highest BCUT2D eigenvalue weighted by atomic mass is 32.1. The number of methoxy groups -OCH3 is 3. The second-order valence-corrected chi connectivity index (χ2v) is 7.84. The number of benzene rings is 3. The Morgan fingerprint density at radius 1 is 0.788 bits per heavy atom. The molecule has 2 N–H and O–H groups in total. The average molecular weight is 462 g/mol. The lowest BCUT2D eigenvalue weighted by atomic mass is 10.1. The van der Waals surface area contributed by atoms with Gasteiger partial charge in [0.1, 0.15) is 5.01 Å². The van der Waals surface area contributed by atoms with Gasteiger partial charge in [0, 0.05) is 34.3 Å². The van der Waals surface area contributed by atoms with Gasteiger partial charge in [-0.05, 0) is 12.1 Å². The van der Waals surface area contributed by atoms with Crippen molar-refractivity contribution in [3.8, 4) is 39.1 Å². The molecule has 3 aromatic carbocycles. The molecule has 0 fully saturated rings.